The molecule has 1 N–H and O–H groups in total. The topological polar surface area (TPSA) is 41.8 Å². The monoisotopic (exact) mass is 365 g/mol. The molecule has 0 spiro atoms. The lowest BCUT2D eigenvalue weighted by atomic mass is 10.00. The lowest BCUT2D eigenvalue weighted by molar-refractivity contribution is 0.127. The molecule has 0 fully saturated rings. The first-order chi connectivity index (χ1) is 12.7. The van der Waals surface area contributed by atoms with E-state index in [0.717, 1.165) is 16.7 Å². The summed E-state index contributed by atoms with van der Waals surface area (Å²) in [5.74, 6) is 0. The van der Waals surface area contributed by atoms with Crippen molar-refractivity contribution >= 4 is 17.3 Å². The van der Waals surface area contributed by atoms with Gasteiger partial charge in [0.25, 0.3) is 0 Å². The Morgan fingerprint density at radius 2 is 1.50 bits per heavy atom. The van der Waals surface area contributed by atoms with Gasteiger partial charge in [-0.2, -0.15) is 0 Å². The van der Waals surface area contributed by atoms with Crippen LogP contribution in [0.5, 0.6) is 0 Å². The summed E-state index contributed by atoms with van der Waals surface area (Å²) in [6.07, 6.45) is -0.341. The first kappa shape index (κ1) is 18.2. The lowest BCUT2D eigenvalue weighted by Gasteiger charge is -2.13. The van der Waals surface area contributed by atoms with Crippen LogP contribution in [0.3, 0.4) is 0 Å². The largest absolute Gasteiger partial charge is 0.391 e. The molecule has 3 aromatic carbocycles. The zero-order valence-electron chi connectivity index (χ0n) is 14.3. The number of hydrogen-bond donors (Lipinski definition) is 1. The Morgan fingerprint density at radius 1 is 0.885 bits per heavy atom. The summed E-state index contributed by atoms with van der Waals surface area (Å²) in [4.78, 5) is 5.55. The quantitative estimate of drug-likeness (QED) is 0.451. The lowest BCUT2D eigenvalue weighted by Crippen LogP contribution is -2.09. The fraction of sp³-hybridized carbons (Fsp3) is 0.136. The summed E-state index contributed by atoms with van der Waals surface area (Å²) in [5.41, 5.74) is 3.46. The van der Waals surface area contributed by atoms with Gasteiger partial charge in [0.2, 0.25) is 0 Å². The summed E-state index contributed by atoms with van der Waals surface area (Å²) in [7, 11) is 0. The van der Waals surface area contributed by atoms with E-state index in [2.05, 4.69) is 5.16 Å². The molecule has 3 rings (SSSR count). The summed E-state index contributed by atoms with van der Waals surface area (Å²) >= 11 is 5.92. The fourth-order valence-electron chi connectivity index (χ4n) is 2.58. The van der Waals surface area contributed by atoms with Crippen LogP contribution < -0.4 is 0 Å². The van der Waals surface area contributed by atoms with Gasteiger partial charge in [-0.15, -0.1) is 0 Å². The molecule has 1 unspecified atom stereocenters. The molecule has 132 valence electrons. The van der Waals surface area contributed by atoms with E-state index in [4.69, 9.17) is 16.4 Å². The Morgan fingerprint density at radius 3 is 2.15 bits per heavy atom. The number of aliphatic hydroxyl groups is 1. The number of oxime groups is 1. The van der Waals surface area contributed by atoms with Crippen molar-refractivity contribution in [3.8, 4) is 0 Å². The Hall–Kier alpha value is -2.62. The van der Waals surface area contributed by atoms with Crippen molar-refractivity contribution < 1.29 is 9.94 Å². The van der Waals surface area contributed by atoms with Crippen molar-refractivity contribution in [1.82, 2.24) is 0 Å². The van der Waals surface area contributed by atoms with Crippen molar-refractivity contribution in [3.63, 3.8) is 0 Å². The summed E-state index contributed by atoms with van der Waals surface area (Å²) in [6.45, 7) is 0.383. The van der Waals surface area contributed by atoms with E-state index in [1.54, 1.807) is 12.1 Å². The first-order valence-corrected chi connectivity index (χ1v) is 8.82. The normalized spacial score (nSPS) is 12.6. The second-order valence-electron chi connectivity index (χ2n) is 5.93. The Balaban J connectivity index is 1.75. The molecule has 3 aromatic rings. The van der Waals surface area contributed by atoms with Gasteiger partial charge in [-0.25, -0.2) is 0 Å². The smallest absolute Gasteiger partial charge is 0.142 e. The fourth-order valence-corrected chi connectivity index (χ4v) is 2.71. The first-order valence-electron chi connectivity index (χ1n) is 8.44. The van der Waals surface area contributed by atoms with Crippen molar-refractivity contribution in [2.24, 2.45) is 5.16 Å². The average Bonchev–Trinajstić information content (AvgIpc) is 2.69. The molecule has 0 aliphatic heterocycles. The molecule has 0 aliphatic rings. The molecule has 0 amide bonds. The van der Waals surface area contributed by atoms with E-state index < -0.39 is 6.10 Å². The number of rotatable bonds is 7. The second-order valence-corrected chi connectivity index (χ2v) is 6.37. The molecule has 4 heteroatoms. The third-order valence-corrected chi connectivity index (χ3v) is 4.25. The molecule has 0 radical (unpaired) electrons. The zero-order chi connectivity index (χ0) is 18.2. The number of aliphatic hydroxyl groups excluding tert-OH is 1. The van der Waals surface area contributed by atoms with Crippen molar-refractivity contribution in [2.45, 2.75) is 19.1 Å². The zero-order valence-corrected chi connectivity index (χ0v) is 15.0. The highest BCUT2D eigenvalue weighted by molar-refractivity contribution is 6.30. The Kier molecular flexibility index (Phi) is 6.42. The molecule has 3 nitrogen and oxygen atoms in total. The van der Waals surface area contributed by atoms with Crippen molar-refractivity contribution in [3.05, 3.63) is 107 Å². The standard InChI is InChI=1S/C22H20ClNO2/c23-20-13-11-19(12-14-20)22(25)15-21(18-9-5-2-6-10-18)24-26-16-17-7-3-1-4-8-17/h1-14,22,25H,15-16H2/b24-21-. The number of nitrogens with zero attached hydrogens (tertiary/aromatic N) is 1. The van der Waals surface area contributed by atoms with Gasteiger partial charge in [0, 0.05) is 11.4 Å². The Bertz CT molecular complexity index is 833. The van der Waals surface area contributed by atoms with Gasteiger partial charge >= 0.3 is 0 Å². The minimum Gasteiger partial charge on any atom is -0.391 e. The van der Waals surface area contributed by atoms with E-state index >= 15 is 0 Å². The molecular formula is C22H20ClNO2. The van der Waals surface area contributed by atoms with Crippen LogP contribution in [-0.2, 0) is 11.4 Å². The van der Waals surface area contributed by atoms with Crippen molar-refractivity contribution in [2.75, 3.05) is 0 Å². The van der Waals surface area contributed by atoms with E-state index in [0.29, 0.717) is 23.8 Å². The summed E-state index contributed by atoms with van der Waals surface area (Å²) < 4.78 is 0. The highest BCUT2D eigenvalue weighted by Gasteiger charge is 2.14. The summed E-state index contributed by atoms with van der Waals surface area (Å²) in [5, 5.41) is 15.5. The van der Waals surface area contributed by atoms with Crippen LogP contribution in [0, 0.1) is 0 Å². The number of hydrogen-bond acceptors (Lipinski definition) is 3. The van der Waals surface area contributed by atoms with Gasteiger partial charge in [-0.1, -0.05) is 89.6 Å². The minimum atomic E-state index is -0.688. The second kappa shape index (κ2) is 9.18. The third kappa shape index (κ3) is 5.19. The highest BCUT2D eigenvalue weighted by Crippen LogP contribution is 2.22. The molecule has 0 saturated carbocycles. The van der Waals surface area contributed by atoms with E-state index in [-0.39, 0.29) is 0 Å². The number of benzene rings is 3. The van der Waals surface area contributed by atoms with Crippen LogP contribution in [0.4, 0.5) is 0 Å². The molecule has 0 bridgehead atoms. The van der Waals surface area contributed by atoms with E-state index in [1.165, 1.54) is 0 Å². The van der Waals surface area contributed by atoms with Gasteiger partial charge in [0.1, 0.15) is 6.61 Å². The van der Waals surface area contributed by atoms with Gasteiger partial charge < -0.3 is 9.94 Å². The minimum absolute atomic E-state index is 0.348. The van der Waals surface area contributed by atoms with E-state index in [9.17, 15) is 5.11 Å². The van der Waals surface area contributed by atoms with Gasteiger partial charge in [0.05, 0.1) is 11.8 Å². The van der Waals surface area contributed by atoms with Crippen LogP contribution in [0.15, 0.2) is 90.1 Å². The summed E-state index contributed by atoms with van der Waals surface area (Å²) in [6, 6.07) is 26.8. The maximum Gasteiger partial charge on any atom is 0.142 e. The highest BCUT2D eigenvalue weighted by atomic mass is 35.5. The predicted molar refractivity (Wildman–Crippen MR) is 105 cm³/mol. The van der Waals surface area contributed by atoms with Gasteiger partial charge in [-0.3, -0.25) is 0 Å². The third-order valence-electron chi connectivity index (χ3n) is 4.00. The number of halogens is 1. The molecular weight excluding hydrogens is 346 g/mol. The molecule has 26 heavy (non-hydrogen) atoms. The SMILES string of the molecule is OC(C/C(=N/OCc1ccccc1)c1ccccc1)c1ccc(Cl)cc1. The molecule has 0 saturated heterocycles. The average molecular weight is 366 g/mol. The van der Waals surface area contributed by atoms with Gasteiger partial charge in [0.15, 0.2) is 0 Å². The van der Waals surface area contributed by atoms with Crippen LogP contribution in [0.25, 0.3) is 0 Å². The van der Waals surface area contributed by atoms with Crippen LogP contribution >= 0.6 is 11.6 Å². The van der Waals surface area contributed by atoms with Crippen molar-refractivity contribution in [1.29, 1.82) is 0 Å². The maximum absolute atomic E-state index is 10.6. The molecule has 1 atom stereocenters. The van der Waals surface area contributed by atoms with Crippen LogP contribution in [0.1, 0.15) is 29.2 Å². The molecule has 0 aliphatic carbocycles. The molecule has 0 aromatic heterocycles. The van der Waals surface area contributed by atoms with E-state index in [1.807, 2.05) is 72.8 Å². The van der Waals surface area contributed by atoms with Gasteiger partial charge in [-0.05, 0) is 28.8 Å². The van der Waals surface area contributed by atoms with Crippen LogP contribution in [0.2, 0.25) is 5.02 Å². The maximum atomic E-state index is 10.6. The van der Waals surface area contributed by atoms with Crippen LogP contribution in [-0.4, -0.2) is 10.8 Å². The Labute approximate surface area is 158 Å². The predicted octanol–water partition coefficient (Wildman–Crippen LogP) is 5.38. The molecule has 0 heterocycles.